The first-order chi connectivity index (χ1) is 8.24. The van der Waals surface area contributed by atoms with E-state index < -0.39 is 0 Å². The second kappa shape index (κ2) is 4.30. The first kappa shape index (κ1) is 11.0. The van der Waals surface area contributed by atoms with Crippen LogP contribution in [0.5, 0.6) is 0 Å². The number of hydrogen-bond acceptors (Lipinski definition) is 4. The van der Waals surface area contributed by atoms with Gasteiger partial charge in [0.05, 0.1) is 5.52 Å². The van der Waals surface area contributed by atoms with Gasteiger partial charge in [0.2, 0.25) is 0 Å². The summed E-state index contributed by atoms with van der Waals surface area (Å²) in [6.45, 7) is 2.09. The predicted octanol–water partition coefficient (Wildman–Crippen LogP) is 3.67. The summed E-state index contributed by atoms with van der Waals surface area (Å²) in [5.74, 6) is 0.716. The Morgan fingerprint density at radius 1 is 1.18 bits per heavy atom. The van der Waals surface area contributed by atoms with E-state index in [-0.39, 0.29) is 0 Å². The molecule has 0 aliphatic rings. The maximum Gasteiger partial charge on any atom is 0.192 e. The molecule has 3 aromatic rings. The van der Waals surface area contributed by atoms with Crippen molar-refractivity contribution >= 4 is 45.0 Å². The van der Waals surface area contributed by atoms with Gasteiger partial charge in [0, 0.05) is 5.39 Å². The van der Waals surface area contributed by atoms with E-state index in [0.29, 0.717) is 5.82 Å². The highest BCUT2D eigenvalue weighted by molar-refractivity contribution is 14.1. The van der Waals surface area contributed by atoms with Crippen molar-refractivity contribution in [2.75, 3.05) is 0 Å². The van der Waals surface area contributed by atoms with Gasteiger partial charge in [0.25, 0.3) is 0 Å². The largest absolute Gasteiger partial charge is 0.244 e. The van der Waals surface area contributed by atoms with Crippen molar-refractivity contribution in [3.63, 3.8) is 0 Å². The molecule has 0 N–H and O–H groups in total. The molecular weight excluding hydrogens is 345 g/mol. The van der Waals surface area contributed by atoms with E-state index in [9.17, 15) is 0 Å². The van der Waals surface area contributed by atoms with E-state index in [1.165, 1.54) is 22.5 Å². The standard InChI is InChI=1S/C12H8IN3S/c1-7-6-10(11-15-12(13)17-16-11)14-9-5-3-2-4-8(7)9/h2-6H,1H3. The molecule has 1 aromatic carbocycles. The van der Waals surface area contributed by atoms with Crippen molar-refractivity contribution in [3.05, 3.63) is 38.9 Å². The van der Waals surface area contributed by atoms with Gasteiger partial charge in [-0.05, 0) is 58.7 Å². The molecule has 0 saturated heterocycles. The Morgan fingerprint density at radius 3 is 2.76 bits per heavy atom. The van der Waals surface area contributed by atoms with Gasteiger partial charge in [-0.1, -0.05) is 18.2 Å². The van der Waals surface area contributed by atoms with Gasteiger partial charge in [-0.2, -0.15) is 4.37 Å². The van der Waals surface area contributed by atoms with Crippen molar-refractivity contribution in [3.8, 4) is 11.5 Å². The van der Waals surface area contributed by atoms with Gasteiger partial charge in [0.15, 0.2) is 8.84 Å². The van der Waals surface area contributed by atoms with E-state index in [1.54, 1.807) is 0 Å². The molecule has 84 valence electrons. The molecule has 0 radical (unpaired) electrons. The molecule has 5 heteroatoms. The van der Waals surface area contributed by atoms with Gasteiger partial charge >= 0.3 is 0 Å². The van der Waals surface area contributed by atoms with Crippen molar-refractivity contribution in [2.24, 2.45) is 0 Å². The van der Waals surface area contributed by atoms with E-state index in [2.05, 4.69) is 49.9 Å². The zero-order valence-corrected chi connectivity index (χ0v) is 12.0. The predicted molar refractivity (Wildman–Crippen MR) is 78.1 cm³/mol. The van der Waals surface area contributed by atoms with Crippen LogP contribution in [0.15, 0.2) is 30.3 Å². The average molecular weight is 353 g/mol. The Kier molecular flexibility index (Phi) is 2.79. The molecule has 2 aromatic heterocycles. The summed E-state index contributed by atoms with van der Waals surface area (Å²) >= 11 is 3.57. The highest BCUT2D eigenvalue weighted by atomic mass is 127. The molecule has 0 unspecified atom stereocenters. The van der Waals surface area contributed by atoms with Crippen LogP contribution < -0.4 is 0 Å². The van der Waals surface area contributed by atoms with Crippen molar-refractivity contribution in [1.82, 2.24) is 14.3 Å². The third-order valence-corrected chi connectivity index (χ3v) is 3.89. The number of para-hydroxylation sites is 1. The SMILES string of the molecule is Cc1cc(-c2nsc(I)n2)nc2ccccc12. The Morgan fingerprint density at radius 2 is 2.00 bits per heavy atom. The van der Waals surface area contributed by atoms with Gasteiger partial charge in [-0.15, -0.1) is 0 Å². The zero-order chi connectivity index (χ0) is 11.8. The highest BCUT2D eigenvalue weighted by Crippen LogP contribution is 2.23. The smallest absolute Gasteiger partial charge is 0.192 e. The van der Waals surface area contributed by atoms with E-state index in [4.69, 9.17) is 0 Å². The molecule has 0 atom stereocenters. The normalized spacial score (nSPS) is 10.9. The summed E-state index contributed by atoms with van der Waals surface area (Å²) in [4.78, 5) is 8.96. The second-order valence-electron chi connectivity index (χ2n) is 3.71. The Balaban J connectivity index is 2.25. The molecule has 3 nitrogen and oxygen atoms in total. The Labute approximate surface area is 116 Å². The summed E-state index contributed by atoms with van der Waals surface area (Å²) < 4.78 is 5.23. The lowest BCUT2D eigenvalue weighted by Gasteiger charge is -2.03. The molecule has 0 spiro atoms. The van der Waals surface area contributed by atoms with Crippen molar-refractivity contribution < 1.29 is 0 Å². The fraction of sp³-hybridized carbons (Fsp3) is 0.0833. The van der Waals surface area contributed by atoms with Crippen LogP contribution in [0.3, 0.4) is 0 Å². The molecule has 2 heterocycles. The first-order valence-electron chi connectivity index (χ1n) is 5.10. The van der Waals surface area contributed by atoms with E-state index in [1.807, 2.05) is 24.3 Å². The summed E-state index contributed by atoms with van der Waals surface area (Å²) in [6, 6.07) is 10.2. The molecule has 0 fully saturated rings. The molecule has 0 aliphatic carbocycles. The quantitative estimate of drug-likeness (QED) is 0.627. The number of pyridine rings is 1. The number of benzene rings is 1. The summed E-state index contributed by atoms with van der Waals surface area (Å²) in [5.41, 5.74) is 3.04. The van der Waals surface area contributed by atoms with E-state index in [0.717, 1.165) is 14.2 Å². The van der Waals surface area contributed by atoms with Crippen LogP contribution >= 0.6 is 34.1 Å². The number of aromatic nitrogens is 3. The van der Waals surface area contributed by atoms with Gasteiger partial charge in [0.1, 0.15) is 5.69 Å². The van der Waals surface area contributed by atoms with Crippen LogP contribution in [-0.4, -0.2) is 14.3 Å². The molecule has 0 amide bonds. The maximum atomic E-state index is 4.60. The molecule has 0 aliphatic heterocycles. The van der Waals surface area contributed by atoms with Gasteiger partial charge in [-0.3, -0.25) is 0 Å². The number of aryl methyl sites for hydroxylation is 1. The number of halogens is 1. The molecule has 0 bridgehead atoms. The lowest BCUT2D eigenvalue weighted by atomic mass is 10.1. The molecular formula is C12H8IN3S. The zero-order valence-electron chi connectivity index (χ0n) is 9.01. The van der Waals surface area contributed by atoms with Crippen molar-refractivity contribution in [2.45, 2.75) is 6.92 Å². The minimum Gasteiger partial charge on any atom is -0.244 e. The van der Waals surface area contributed by atoms with Crippen LogP contribution in [-0.2, 0) is 0 Å². The fourth-order valence-corrected chi connectivity index (χ4v) is 2.72. The first-order valence-corrected chi connectivity index (χ1v) is 6.95. The number of hydrogen-bond donors (Lipinski definition) is 0. The van der Waals surface area contributed by atoms with Crippen LogP contribution in [0.1, 0.15) is 5.56 Å². The minimum absolute atomic E-state index is 0.716. The topological polar surface area (TPSA) is 38.7 Å². The Hall–Kier alpha value is -1.08. The summed E-state index contributed by atoms with van der Waals surface area (Å²) in [7, 11) is 0. The van der Waals surface area contributed by atoms with Crippen LogP contribution in [0.25, 0.3) is 22.4 Å². The lowest BCUT2D eigenvalue weighted by molar-refractivity contribution is 1.24. The number of fused-ring (bicyclic) bond motifs is 1. The van der Waals surface area contributed by atoms with Crippen molar-refractivity contribution in [1.29, 1.82) is 0 Å². The maximum absolute atomic E-state index is 4.60. The van der Waals surface area contributed by atoms with Gasteiger partial charge < -0.3 is 0 Å². The van der Waals surface area contributed by atoms with E-state index >= 15 is 0 Å². The Bertz CT molecular complexity index is 693. The summed E-state index contributed by atoms with van der Waals surface area (Å²) in [5, 5.41) is 1.18. The van der Waals surface area contributed by atoms with Crippen LogP contribution in [0.2, 0.25) is 0 Å². The minimum atomic E-state index is 0.716. The monoisotopic (exact) mass is 353 g/mol. The number of rotatable bonds is 1. The second-order valence-corrected chi connectivity index (χ2v) is 6.22. The molecule has 17 heavy (non-hydrogen) atoms. The van der Waals surface area contributed by atoms with Crippen LogP contribution in [0, 0.1) is 9.94 Å². The van der Waals surface area contributed by atoms with Gasteiger partial charge in [-0.25, -0.2) is 9.97 Å². The highest BCUT2D eigenvalue weighted by Gasteiger charge is 2.08. The lowest BCUT2D eigenvalue weighted by Crippen LogP contribution is -1.90. The number of nitrogens with zero attached hydrogens (tertiary/aromatic N) is 3. The van der Waals surface area contributed by atoms with Crippen LogP contribution in [0.4, 0.5) is 0 Å². The molecule has 0 saturated carbocycles. The third kappa shape index (κ3) is 2.04. The molecule has 3 rings (SSSR count). The third-order valence-electron chi connectivity index (χ3n) is 2.55. The average Bonchev–Trinajstić information content (AvgIpc) is 2.76. The fourth-order valence-electron chi connectivity index (χ4n) is 1.77. The summed E-state index contributed by atoms with van der Waals surface area (Å²) in [6.07, 6.45) is 0.